The standard InChI is InChI=1S/C20H19Cl2N3O5/c21-13-5-3-6-14(11-13)23-17(26)9-4-10-19(28)30-12-18(27)24-25-20(29)15-7-1-2-8-16(15)22/h1-3,5-8,11H,4,9-10,12H2,(H,23,26)(H,24,27)(H,25,29). The SMILES string of the molecule is O=C(COC(=O)CCCC(=O)Nc1cccc(Cl)c1)NNC(=O)c1ccccc1Cl. The summed E-state index contributed by atoms with van der Waals surface area (Å²) >= 11 is 11.7. The highest BCUT2D eigenvalue weighted by molar-refractivity contribution is 6.33. The van der Waals surface area contributed by atoms with Crippen LogP contribution in [0.3, 0.4) is 0 Å². The Kier molecular flexibility index (Phi) is 9.11. The number of ether oxygens (including phenoxy) is 1. The van der Waals surface area contributed by atoms with Crippen molar-refractivity contribution >= 4 is 52.6 Å². The van der Waals surface area contributed by atoms with Crippen molar-refractivity contribution in [3.8, 4) is 0 Å². The van der Waals surface area contributed by atoms with Crippen LogP contribution in [-0.2, 0) is 19.1 Å². The summed E-state index contributed by atoms with van der Waals surface area (Å²) in [6, 6.07) is 13.0. The molecule has 0 saturated carbocycles. The van der Waals surface area contributed by atoms with E-state index in [-0.39, 0.29) is 35.8 Å². The number of hydrazine groups is 1. The molecular formula is C20H19Cl2N3O5. The highest BCUT2D eigenvalue weighted by atomic mass is 35.5. The smallest absolute Gasteiger partial charge is 0.306 e. The summed E-state index contributed by atoms with van der Waals surface area (Å²) in [6.45, 7) is -0.573. The van der Waals surface area contributed by atoms with Crippen molar-refractivity contribution in [1.82, 2.24) is 10.9 Å². The second-order valence-electron chi connectivity index (χ2n) is 6.05. The van der Waals surface area contributed by atoms with E-state index in [9.17, 15) is 19.2 Å². The molecule has 0 radical (unpaired) electrons. The first-order valence-corrected chi connectivity index (χ1v) is 9.65. The lowest BCUT2D eigenvalue weighted by atomic mass is 10.2. The van der Waals surface area contributed by atoms with E-state index in [1.165, 1.54) is 12.1 Å². The third kappa shape index (κ3) is 8.10. The minimum Gasteiger partial charge on any atom is -0.455 e. The molecule has 2 aromatic rings. The first-order chi connectivity index (χ1) is 14.3. The van der Waals surface area contributed by atoms with Gasteiger partial charge in [0.15, 0.2) is 6.61 Å². The zero-order valence-corrected chi connectivity index (χ0v) is 17.3. The summed E-state index contributed by atoms with van der Waals surface area (Å²) in [6.07, 6.45) is 0.306. The van der Waals surface area contributed by atoms with E-state index in [4.69, 9.17) is 27.9 Å². The Morgan fingerprint density at radius 3 is 2.37 bits per heavy atom. The second kappa shape index (κ2) is 11.8. The average molecular weight is 452 g/mol. The van der Waals surface area contributed by atoms with Gasteiger partial charge >= 0.3 is 5.97 Å². The maximum absolute atomic E-state index is 11.9. The van der Waals surface area contributed by atoms with Crippen LogP contribution in [0.4, 0.5) is 5.69 Å². The summed E-state index contributed by atoms with van der Waals surface area (Å²) in [5.74, 6) is -2.24. The lowest BCUT2D eigenvalue weighted by molar-refractivity contribution is -0.148. The van der Waals surface area contributed by atoms with Gasteiger partial charge in [-0.3, -0.25) is 30.0 Å². The fourth-order valence-electron chi connectivity index (χ4n) is 2.28. The van der Waals surface area contributed by atoms with Gasteiger partial charge in [-0.15, -0.1) is 0 Å². The number of rotatable bonds is 8. The Balaban J connectivity index is 1.61. The van der Waals surface area contributed by atoms with Crippen molar-refractivity contribution < 1.29 is 23.9 Å². The Morgan fingerprint density at radius 1 is 0.867 bits per heavy atom. The third-order valence-electron chi connectivity index (χ3n) is 3.69. The maximum Gasteiger partial charge on any atom is 0.306 e. The fourth-order valence-corrected chi connectivity index (χ4v) is 2.69. The topological polar surface area (TPSA) is 114 Å². The molecule has 30 heavy (non-hydrogen) atoms. The highest BCUT2D eigenvalue weighted by Gasteiger charge is 2.12. The van der Waals surface area contributed by atoms with Crippen molar-refractivity contribution in [3.05, 3.63) is 64.1 Å². The van der Waals surface area contributed by atoms with Crippen molar-refractivity contribution in [2.75, 3.05) is 11.9 Å². The van der Waals surface area contributed by atoms with E-state index in [2.05, 4.69) is 16.2 Å². The number of carbonyl (C=O) groups is 4. The molecule has 0 fully saturated rings. The molecule has 10 heteroatoms. The molecule has 3 N–H and O–H groups in total. The number of anilines is 1. The number of hydrogen-bond donors (Lipinski definition) is 3. The van der Waals surface area contributed by atoms with Gasteiger partial charge in [-0.2, -0.15) is 0 Å². The average Bonchev–Trinajstić information content (AvgIpc) is 2.71. The van der Waals surface area contributed by atoms with Crippen LogP contribution in [0.2, 0.25) is 10.0 Å². The quantitative estimate of drug-likeness (QED) is 0.421. The number of benzene rings is 2. The monoisotopic (exact) mass is 451 g/mol. The highest BCUT2D eigenvalue weighted by Crippen LogP contribution is 2.15. The van der Waals surface area contributed by atoms with Gasteiger partial charge in [0.05, 0.1) is 10.6 Å². The van der Waals surface area contributed by atoms with Crippen LogP contribution in [0.1, 0.15) is 29.6 Å². The van der Waals surface area contributed by atoms with E-state index in [0.29, 0.717) is 10.7 Å². The van der Waals surface area contributed by atoms with Gasteiger partial charge in [0.2, 0.25) is 5.91 Å². The molecule has 0 spiro atoms. The van der Waals surface area contributed by atoms with Crippen LogP contribution in [0, 0.1) is 0 Å². The largest absolute Gasteiger partial charge is 0.455 e. The number of esters is 1. The van der Waals surface area contributed by atoms with Crippen LogP contribution in [0.25, 0.3) is 0 Å². The van der Waals surface area contributed by atoms with E-state index >= 15 is 0 Å². The molecule has 0 bridgehead atoms. The van der Waals surface area contributed by atoms with Gasteiger partial charge < -0.3 is 10.1 Å². The van der Waals surface area contributed by atoms with E-state index < -0.39 is 24.4 Å². The molecule has 0 unspecified atom stereocenters. The Bertz CT molecular complexity index is 936. The fraction of sp³-hybridized carbons (Fsp3) is 0.200. The molecule has 0 aliphatic carbocycles. The second-order valence-corrected chi connectivity index (χ2v) is 6.90. The minimum atomic E-state index is -0.720. The zero-order chi connectivity index (χ0) is 21.9. The Labute approximate surface area is 182 Å². The molecule has 0 saturated heterocycles. The van der Waals surface area contributed by atoms with E-state index in [0.717, 1.165) is 0 Å². The van der Waals surface area contributed by atoms with Crippen LogP contribution in [-0.4, -0.2) is 30.3 Å². The van der Waals surface area contributed by atoms with Gasteiger partial charge in [0.1, 0.15) is 0 Å². The van der Waals surface area contributed by atoms with Crippen molar-refractivity contribution in [3.63, 3.8) is 0 Å². The van der Waals surface area contributed by atoms with Crippen LogP contribution in [0.15, 0.2) is 48.5 Å². The Hall–Kier alpha value is -3.10. The third-order valence-corrected chi connectivity index (χ3v) is 4.26. The molecule has 3 amide bonds. The molecule has 158 valence electrons. The zero-order valence-electron chi connectivity index (χ0n) is 15.7. The summed E-state index contributed by atoms with van der Waals surface area (Å²) < 4.78 is 4.80. The molecule has 2 rings (SSSR count). The first kappa shape index (κ1) is 23.2. The van der Waals surface area contributed by atoms with Crippen molar-refractivity contribution in [2.24, 2.45) is 0 Å². The van der Waals surface area contributed by atoms with Gasteiger partial charge in [0, 0.05) is 23.6 Å². The predicted molar refractivity (Wildman–Crippen MR) is 112 cm³/mol. The number of amides is 3. The van der Waals surface area contributed by atoms with Crippen LogP contribution >= 0.6 is 23.2 Å². The summed E-state index contributed by atoms with van der Waals surface area (Å²) in [5.41, 5.74) is 5.04. The molecule has 0 aromatic heterocycles. The van der Waals surface area contributed by atoms with Gasteiger partial charge in [-0.1, -0.05) is 41.4 Å². The maximum atomic E-state index is 11.9. The molecule has 2 aromatic carbocycles. The minimum absolute atomic E-state index is 0.0395. The molecule has 0 heterocycles. The predicted octanol–water partition coefficient (Wildman–Crippen LogP) is 3.11. The molecule has 0 aliphatic rings. The molecule has 0 aliphatic heterocycles. The normalized spacial score (nSPS) is 10.1. The van der Waals surface area contributed by atoms with Gasteiger partial charge in [-0.05, 0) is 36.8 Å². The number of halogens is 2. The van der Waals surface area contributed by atoms with Gasteiger partial charge in [0.25, 0.3) is 11.8 Å². The first-order valence-electron chi connectivity index (χ1n) is 8.90. The Morgan fingerprint density at radius 2 is 1.63 bits per heavy atom. The van der Waals surface area contributed by atoms with Crippen molar-refractivity contribution in [1.29, 1.82) is 0 Å². The molecule has 8 nitrogen and oxygen atoms in total. The molecular weight excluding hydrogens is 433 g/mol. The number of carbonyl (C=O) groups excluding carboxylic acids is 4. The van der Waals surface area contributed by atoms with Crippen LogP contribution in [0.5, 0.6) is 0 Å². The lowest BCUT2D eigenvalue weighted by Crippen LogP contribution is -2.43. The summed E-state index contributed by atoms with van der Waals surface area (Å²) in [4.78, 5) is 47.1. The number of hydrogen-bond acceptors (Lipinski definition) is 5. The molecule has 0 atom stereocenters. The summed E-state index contributed by atoms with van der Waals surface area (Å²) in [5, 5.41) is 3.39. The van der Waals surface area contributed by atoms with Crippen molar-refractivity contribution in [2.45, 2.75) is 19.3 Å². The van der Waals surface area contributed by atoms with Gasteiger partial charge in [-0.25, -0.2) is 0 Å². The number of nitrogens with one attached hydrogen (secondary N) is 3. The van der Waals surface area contributed by atoms with E-state index in [1.807, 2.05) is 0 Å². The summed E-state index contributed by atoms with van der Waals surface area (Å²) in [7, 11) is 0. The lowest BCUT2D eigenvalue weighted by Gasteiger charge is -2.09. The van der Waals surface area contributed by atoms with E-state index in [1.54, 1.807) is 36.4 Å². The van der Waals surface area contributed by atoms with Crippen LogP contribution < -0.4 is 16.2 Å².